The Bertz CT molecular complexity index is 639. The molecule has 2 rings (SSSR count). The molecule has 0 heterocycles. The third-order valence-corrected chi connectivity index (χ3v) is 3.50. The number of hydrogen-bond acceptors (Lipinski definition) is 2. The Hall–Kier alpha value is -1.94. The average molecular weight is 286 g/mol. The van der Waals surface area contributed by atoms with Gasteiger partial charge >= 0.3 is 0 Å². The number of benzene rings is 2. The Morgan fingerprint density at radius 3 is 2.55 bits per heavy atom. The second kappa shape index (κ2) is 6.48. The molecule has 0 atom stereocenters. The van der Waals surface area contributed by atoms with Gasteiger partial charge in [-0.2, -0.15) is 0 Å². The first-order valence-electron chi connectivity index (χ1n) is 6.68. The summed E-state index contributed by atoms with van der Waals surface area (Å²) in [4.78, 5) is 14.7. The van der Waals surface area contributed by atoms with E-state index in [2.05, 4.69) is 0 Å². The number of nitrogens with two attached hydrogens (primary N) is 1. The van der Waals surface area contributed by atoms with Gasteiger partial charge in [0.25, 0.3) is 5.91 Å². The fraction of sp³-hybridized carbons (Fsp3) is 0.250. The topological polar surface area (TPSA) is 46.3 Å². The molecule has 0 spiro atoms. The Morgan fingerprint density at radius 1 is 1.20 bits per heavy atom. The summed E-state index contributed by atoms with van der Waals surface area (Å²) in [6.45, 7) is 3.17. The van der Waals surface area contributed by atoms with Gasteiger partial charge in [0, 0.05) is 25.1 Å². The maximum absolute atomic E-state index is 12.5. The van der Waals surface area contributed by atoms with Crippen molar-refractivity contribution in [2.24, 2.45) is 5.73 Å². The van der Waals surface area contributed by atoms with Crippen LogP contribution in [0.3, 0.4) is 0 Å². The fourth-order valence-electron chi connectivity index (χ4n) is 2.15. The van der Waals surface area contributed by atoms with Crippen molar-refractivity contribution in [1.82, 2.24) is 4.90 Å². The van der Waals surface area contributed by atoms with Crippen molar-refractivity contribution < 1.29 is 4.79 Å². The number of fused-ring (bicyclic) bond motifs is 1. The van der Waals surface area contributed by atoms with Crippen molar-refractivity contribution in [3.05, 3.63) is 48.0 Å². The first-order valence-corrected chi connectivity index (χ1v) is 7.09. The van der Waals surface area contributed by atoms with Crippen LogP contribution in [-0.4, -0.2) is 28.9 Å². The van der Waals surface area contributed by atoms with Gasteiger partial charge in [0.2, 0.25) is 0 Å². The van der Waals surface area contributed by atoms with Gasteiger partial charge in [0.15, 0.2) is 0 Å². The van der Waals surface area contributed by atoms with Crippen LogP contribution in [0.25, 0.3) is 10.8 Å². The van der Waals surface area contributed by atoms with Crippen LogP contribution in [0.2, 0.25) is 0 Å². The first kappa shape index (κ1) is 14.5. The highest BCUT2D eigenvalue weighted by Crippen LogP contribution is 2.17. The number of hydrogen-bond donors (Lipinski definition) is 1. The zero-order chi connectivity index (χ0) is 14.5. The molecule has 0 unspecified atom stereocenters. The number of carbonyl (C=O) groups excluding carboxylic acids is 1. The molecule has 4 heteroatoms. The van der Waals surface area contributed by atoms with E-state index in [4.69, 9.17) is 18.0 Å². The maximum atomic E-state index is 12.5. The molecule has 104 valence electrons. The molecule has 0 bridgehead atoms. The van der Waals surface area contributed by atoms with Gasteiger partial charge in [-0.1, -0.05) is 42.5 Å². The van der Waals surface area contributed by atoms with Gasteiger partial charge < -0.3 is 10.6 Å². The fourth-order valence-corrected chi connectivity index (χ4v) is 2.24. The van der Waals surface area contributed by atoms with Crippen LogP contribution in [0.5, 0.6) is 0 Å². The van der Waals surface area contributed by atoms with Gasteiger partial charge in [-0.15, -0.1) is 0 Å². The van der Waals surface area contributed by atoms with E-state index in [9.17, 15) is 4.79 Å². The van der Waals surface area contributed by atoms with Crippen molar-refractivity contribution in [2.45, 2.75) is 13.3 Å². The van der Waals surface area contributed by atoms with Crippen LogP contribution in [0.4, 0.5) is 0 Å². The molecule has 2 aromatic rings. The molecule has 0 aromatic heterocycles. The lowest BCUT2D eigenvalue weighted by atomic mass is 10.1. The van der Waals surface area contributed by atoms with Crippen molar-refractivity contribution in [2.75, 3.05) is 13.1 Å². The summed E-state index contributed by atoms with van der Waals surface area (Å²) in [5.41, 5.74) is 6.20. The number of carbonyl (C=O) groups is 1. The molecule has 0 fully saturated rings. The summed E-state index contributed by atoms with van der Waals surface area (Å²) in [6, 6.07) is 13.8. The summed E-state index contributed by atoms with van der Waals surface area (Å²) in [5.74, 6) is 0.0227. The van der Waals surface area contributed by atoms with Gasteiger partial charge in [0.1, 0.15) is 0 Å². The minimum atomic E-state index is 0.0227. The molecular weight excluding hydrogens is 268 g/mol. The zero-order valence-electron chi connectivity index (χ0n) is 11.5. The number of thiocarbonyl (C=S) groups is 1. The van der Waals surface area contributed by atoms with Gasteiger partial charge in [0.05, 0.1) is 4.99 Å². The van der Waals surface area contributed by atoms with E-state index < -0.39 is 0 Å². The van der Waals surface area contributed by atoms with E-state index in [1.807, 2.05) is 49.4 Å². The molecule has 0 radical (unpaired) electrons. The lowest BCUT2D eigenvalue weighted by Gasteiger charge is -2.20. The van der Waals surface area contributed by atoms with Gasteiger partial charge in [-0.05, 0) is 29.8 Å². The lowest BCUT2D eigenvalue weighted by molar-refractivity contribution is 0.0769. The van der Waals surface area contributed by atoms with Crippen molar-refractivity contribution in [3.63, 3.8) is 0 Å². The largest absolute Gasteiger partial charge is 0.393 e. The zero-order valence-corrected chi connectivity index (χ0v) is 12.3. The molecule has 0 saturated carbocycles. The predicted molar refractivity (Wildman–Crippen MR) is 86.9 cm³/mol. The molecule has 20 heavy (non-hydrogen) atoms. The lowest BCUT2D eigenvalue weighted by Crippen LogP contribution is -2.33. The van der Waals surface area contributed by atoms with Crippen molar-refractivity contribution in [3.8, 4) is 0 Å². The molecule has 2 aromatic carbocycles. The summed E-state index contributed by atoms with van der Waals surface area (Å²) >= 11 is 4.87. The number of rotatable bonds is 5. The van der Waals surface area contributed by atoms with Crippen LogP contribution in [0, 0.1) is 0 Å². The Balaban J connectivity index is 2.22. The monoisotopic (exact) mass is 286 g/mol. The highest BCUT2D eigenvalue weighted by molar-refractivity contribution is 7.80. The normalized spacial score (nSPS) is 10.4. The SMILES string of the molecule is CCN(CCC(N)=S)C(=O)c1ccc2ccccc2c1. The van der Waals surface area contributed by atoms with E-state index >= 15 is 0 Å². The quantitative estimate of drug-likeness (QED) is 0.860. The predicted octanol–water partition coefficient (Wildman–Crippen LogP) is 2.98. The highest BCUT2D eigenvalue weighted by atomic mass is 32.1. The van der Waals surface area contributed by atoms with E-state index in [1.54, 1.807) is 4.90 Å². The molecular formula is C16H18N2OS. The van der Waals surface area contributed by atoms with Crippen LogP contribution >= 0.6 is 12.2 Å². The van der Waals surface area contributed by atoms with E-state index in [1.165, 1.54) is 0 Å². The summed E-state index contributed by atoms with van der Waals surface area (Å²) in [7, 11) is 0. The van der Waals surface area contributed by atoms with E-state index in [0.29, 0.717) is 30.1 Å². The molecule has 3 nitrogen and oxygen atoms in total. The first-order chi connectivity index (χ1) is 9.61. The Morgan fingerprint density at radius 2 is 1.90 bits per heavy atom. The van der Waals surface area contributed by atoms with Crippen LogP contribution in [0.15, 0.2) is 42.5 Å². The minimum absolute atomic E-state index is 0.0227. The molecule has 0 aliphatic carbocycles. The van der Waals surface area contributed by atoms with Crippen molar-refractivity contribution >= 4 is 33.9 Å². The average Bonchev–Trinajstić information content (AvgIpc) is 2.47. The standard InChI is InChI=1S/C16H18N2OS/c1-2-18(10-9-15(17)20)16(19)14-8-7-12-5-3-4-6-13(12)11-14/h3-8,11H,2,9-10H2,1H3,(H2,17,20). The van der Waals surface area contributed by atoms with Crippen molar-refractivity contribution in [1.29, 1.82) is 0 Å². The highest BCUT2D eigenvalue weighted by Gasteiger charge is 2.14. The summed E-state index contributed by atoms with van der Waals surface area (Å²) < 4.78 is 0. The van der Waals surface area contributed by atoms with E-state index in [0.717, 1.165) is 10.8 Å². The van der Waals surface area contributed by atoms with E-state index in [-0.39, 0.29) is 5.91 Å². The summed E-state index contributed by atoms with van der Waals surface area (Å²) in [5, 5.41) is 2.21. The second-order valence-corrected chi connectivity index (χ2v) is 5.19. The summed E-state index contributed by atoms with van der Waals surface area (Å²) in [6.07, 6.45) is 0.558. The van der Waals surface area contributed by atoms with Crippen LogP contribution in [0.1, 0.15) is 23.7 Å². The van der Waals surface area contributed by atoms with Crippen LogP contribution in [-0.2, 0) is 0 Å². The number of amides is 1. The third kappa shape index (κ3) is 3.33. The van der Waals surface area contributed by atoms with Gasteiger partial charge in [-0.3, -0.25) is 4.79 Å². The minimum Gasteiger partial charge on any atom is -0.393 e. The van der Waals surface area contributed by atoms with Crippen LogP contribution < -0.4 is 5.73 Å². The second-order valence-electron chi connectivity index (χ2n) is 4.66. The Kier molecular flexibility index (Phi) is 4.69. The molecule has 0 saturated heterocycles. The number of nitrogens with zero attached hydrogens (tertiary/aromatic N) is 1. The molecule has 1 amide bonds. The third-order valence-electron chi connectivity index (χ3n) is 3.29. The van der Waals surface area contributed by atoms with Gasteiger partial charge in [-0.25, -0.2) is 0 Å². The molecule has 0 aliphatic rings. The Labute approximate surface area is 124 Å². The molecule has 2 N–H and O–H groups in total. The smallest absolute Gasteiger partial charge is 0.253 e. The maximum Gasteiger partial charge on any atom is 0.253 e. The molecule has 0 aliphatic heterocycles.